The van der Waals surface area contributed by atoms with Crippen molar-refractivity contribution in [2.24, 2.45) is 0 Å². The topological polar surface area (TPSA) is 79.0 Å². The molecule has 7 heteroatoms. The van der Waals surface area contributed by atoms with Gasteiger partial charge in [0.15, 0.2) is 5.78 Å². The number of fused-ring (bicyclic) bond motifs is 1. The summed E-state index contributed by atoms with van der Waals surface area (Å²) in [5.41, 5.74) is 2.01. The van der Waals surface area contributed by atoms with Crippen LogP contribution in [0.1, 0.15) is 31.9 Å². The van der Waals surface area contributed by atoms with E-state index in [1.807, 2.05) is 30.1 Å². The fraction of sp³-hybridized carbons (Fsp3) is 0.320. The van der Waals surface area contributed by atoms with Crippen LogP contribution < -0.4 is 15.0 Å². The van der Waals surface area contributed by atoms with Gasteiger partial charge in [-0.2, -0.15) is 0 Å². The van der Waals surface area contributed by atoms with E-state index >= 15 is 0 Å². The molecule has 2 aliphatic heterocycles. The number of hydrogen-bond donors (Lipinski definition) is 1. The SMILES string of the molecule is COc1ccc(C2(C)NC(=O)N(CC(=O)/C=C3\N(C)c4ccccc4C3(C)C)C2=O)cc1. The number of para-hydroxylation sites is 1. The summed E-state index contributed by atoms with van der Waals surface area (Å²) in [6.07, 6.45) is 1.55. The molecule has 0 aliphatic carbocycles. The van der Waals surface area contributed by atoms with Crippen LogP contribution in [0.15, 0.2) is 60.3 Å². The minimum atomic E-state index is -1.24. The zero-order chi connectivity index (χ0) is 23.3. The van der Waals surface area contributed by atoms with E-state index < -0.39 is 17.5 Å². The molecule has 2 aliphatic rings. The molecule has 3 amide bonds. The molecular formula is C25H27N3O4. The Morgan fingerprint density at radius 2 is 1.72 bits per heavy atom. The van der Waals surface area contributed by atoms with E-state index in [1.54, 1.807) is 44.4 Å². The van der Waals surface area contributed by atoms with Crippen LogP contribution >= 0.6 is 0 Å². The second kappa shape index (κ2) is 7.51. The molecule has 0 aromatic heterocycles. The Hall–Kier alpha value is -3.61. The number of carbonyl (C=O) groups excluding carboxylic acids is 3. The van der Waals surface area contributed by atoms with Crippen LogP contribution in [0, 0.1) is 0 Å². The summed E-state index contributed by atoms with van der Waals surface area (Å²) in [5, 5.41) is 2.74. The Morgan fingerprint density at radius 1 is 1.06 bits per heavy atom. The Morgan fingerprint density at radius 3 is 2.34 bits per heavy atom. The van der Waals surface area contributed by atoms with Crippen molar-refractivity contribution in [3.63, 3.8) is 0 Å². The highest BCUT2D eigenvalue weighted by atomic mass is 16.5. The van der Waals surface area contributed by atoms with Crippen molar-refractivity contribution in [1.82, 2.24) is 10.2 Å². The summed E-state index contributed by atoms with van der Waals surface area (Å²) >= 11 is 0. The van der Waals surface area contributed by atoms with Crippen molar-refractivity contribution in [3.05, 3.63) is 71.4 Å². The van der Waals surface area contributed by atoms with Crippen molar-refractivity contribution in [3.8, 4) is 5.75 Å². The molecular weight excluding hydrogens is 406 g/mol. The number of imide groups is 1. The minimum absolute atomic E-state index is 0.310. The molecule has 32 heavy (non-hydrogen) atoms. The lowest BCUT2D eigenvalue weighted by Gasteiger charge is -2.24. The Kier molecular flexibility index (Phi) is 5.07. The number of urea groups is 1. The molecule has 1 atom stereocenters. The number of ketones is 1. The van der Waals surface area contributed by atoms with Gasteiger partial charge in [-0.3, -0.25) is 14.5 Å². The molecule has 0 saturated carbocycles. The van der Waals surface area contributed by atoms with Crippen LogP contribution in [0.5, 0.6) is 5.75 Å². The number of likely N-dealkylation sites (N-methyl/N-ethyl adjacent to an activating group) is 1. The standard InChI is InChI=1S/C25H27N3O4/c1-24(2)19-8-6-7-9-20(19)27(4)21(24)14-17(29)15-28-22(30)25(3,26-23(28)31)16-10-12-18(32-5)13-11-16/h6-14H,15H2,1-5H3,(H,26,31)/b21-14-. The lowest BCUT2D eigenvalue weighted by atomic mass is 9.83. The van der Waals surface area contributed by atoms with E-state index in [0.29, 0.717) is 11.3 Å². The maximum Gasteiger partial charge on any atom is 0.325 e. The maximum absolute atomic E-state index is 13.2. The summed E-state index contributed by atoms with van der Waals surface area (Å²) < 4.78 is 5.16. The van der Waals surface area contributed by atoms with E-state index in [1.165, 1.54) is 0 Å². The van der Waals surface area contributed by atoms with Crippen LogP contribution in [-0.2, 0) is 20.5 Å². The predicted octanol–water partition coefficient (Wildman–Crippen LogP) is 3.34. The van der Waals surface area contributed by atoms with Gasteiger partial charge in [0, 0.05) is 29.9 Å². The molecule has 1 unspecified atom stereocenters. The summed E-state index contributed by atoms with van der Waals surface area (Å²) in [7, 11) is 3.48. The number of nitrogens with one attached hydrogen (secondary N) is 1. The average molecular weight is 434 g/mol. The number of rotatable bonds is 5. The third-order valence-electron chi connectivity index (χ3n) is 6.49. The first-order chi connectivity index (χ1) is 15.1. The van der Waals surface area contributed by atoms with Gasteiger partial charge in [-0.25, -0.2) is 4.79 Å². The molecule has 166 valence electrons. The fourth-order valence-electron chi connectivity index (χ4n) is 4.57. The molecule has 1 saturated heterocycles. The number of allylic oxidation sites excluding steroid dienone is 1. The third-order valence-corrected chi connectivity index (χ3v) is 6.49. The number of methoxy groups -OCH3 is 1. The van der Waals surface area contributed by atoms with Gasteiger partial charge in [0.25, 0.3) is 5.91 Å². The second-order valence-electron chi connectivity index (χ2n) is 8.87. The van der Waals surface area contributed by atoms with Crippen molar-refractivity contribution < 1.29 is 19.1 Å². The molecule has 7 nitrogen and oxygen atoms in total. The highest BCUT2D eigenvalue weighted by Gasteiger charge is 2.49. The number of anilines is 1. The lowest BCUT2D eigenvalue weighted by molar-refractivity contribution is -0.133. The summed E-state index contributed by atoms with van der Waals surface area (Å²) in [6.45, 7) is 5.44. The summed E-state index contributed by atoms with van der Waals surface area (Å²) in [5.74, 6) is -0.117. The number of hydrogen-bond acceptors (Lipinski definition) is 5. The fourth-order valence-corrected chi connectivity index (χ4v) is 4.57. The number of ether oxygens (including phenoxy) is 1. The van der Waals surface area contributed by atoms with Gasteiger partial charge >= 0.3 is 6.03 Å². The Balaban J connectivity index is 1.56. The van der Waals surface area contributed by atoms with E-state index in [0.717, 1.165) is 21.8 Å². The second-order valence-corrected chi connectivity index (χ2v) is 8.87. The Bertz CT molecular complexity index is 1140. The van der Waals surface area contributed by atoms with Crippen molar-refractivity contribution in [2.45, 2.75) is 31.7 Å². The normalized spacial score (nSPS) is 22.8. The van der Waals surface area contributed by atoms with Crippen LogP contribution in [-0.4, -0.2) is 43.3 Å². The highest BCUT2D eigenvalue weighted by Crippen LogP contribution is 2.46. The largest absolute Gasteiger partial charge is 0.497 e. The van der Waals surface area contributed by atoms with Gasteiger partial charge in [-0.15, -0.1) is 0 Å². The van der Waals surface area contributed by atoms with Gasteiger partial charge in [0.2, 0.25) is 0 Å². The first kappa shape index (κ1) is 21.6. The number of carbonyl (C=O) groups is 3. The molecule has 0 bridgehead atoms. The average Bonchev–Trinajstić information content (AvgIpc) is 3.11. The zero-order valence-corrected chi connectivity index (χ0v) is 18.9. The quantitative estimate of drug-likeness (QED) is 0.578. The third kappa shape index (κ3) is 3.25. The maximum atomic E-state index is 13.2. The molecule has 2 heterocycles. The molecule has 1 N–H and O–H groups in total. The monoisotopic (exact) mass is 433 g/mol. The molecule has 0 radical (unpaired) electrons. The van der Waals surface area contributed by atoms with Gasteiger partial charge in [0.1, 0.15) is 11.3 Å². The van der Waals surface area contributed by atoms with Crippen molar-refractivity contribution >= 4 is 23.4 Å². The summed E-state index contributed by atoms with van der Waals surface area (Å²) in [6, 6.07) is 14.4. The van der Waals surface area contributed by atoms with Gasteiger partial charge in [0.05, 0.1) is 13.7 Å². The number of nitrogens with zero attached hydrogens (tertiary/aromatic N) is 2. The Labute approximate surface area is 187 Å². The molecule has 2 aromatic rings. The number of amides is 3. The molecule has 2 aromatic carbocycles. The van der Waals surface area contributed by atoms with Gasteiger partial charge in [-0.1, -0.05) is 44.2 Å². The van der Waals surface area contributed by atoms with E-state index in [4.69, 9.17) is 4.74 Å². The van der Waals surface area contributed by atoms with Crippen LogP contribution in [0.25, 0.3) is 0 Å². The van der Waals surface area contributed by atoms with Gasteiger partial charge < -0.3 is 15.0 Å². The van der Waals surface area contributed by atoms with Gasteiger partial charge in [-0.05, 0) is 36.2 Å². The highest BCUT2D eigenvalue weighted by molar-refractivity contribution is 6.10. The summed E-state index contributed by atoms with van der Waals surface area (Å²) in [4.78, 5) is 41.7. The van der Waals surface area contributed by atoms with Crippen LogP contribution in [0.4, 0.5) is 10.5 Å². The predicted molar refractivity (Wildman–Crippen MR) is 122 cm³/mol. The lowest BCUT2D eigenvalue weighted by Crippen LogP contribution is -2.41. The first-order valence-electron chi connectivity index (χ1n) is 10.5. The smallest absolute Gasteiger partial charge is 0.325 e. The van der Waals surface area contributed by atoms with Crippen molar-refractivity contribution in [2.75, 3.05) is 25.6 Å². The molecule has 0 spiro atoms. The molecule has 1 fully saturated rings. The van der Waals surface area contributed by atoms with E-state index in [-0.39, 0.29) is 17.7 Å². The van der Waals surface area contributed by atoms with E-state index in [9.17, 15) is 14.4 Å². The minimum Gasteiger partial charge on any atom is -0.497 e. The number of benzene rings is 2. The van der Waals surface area contributed by atoms with Crippen LogP contribution in [0.2, 0.25) is 0 Å². The van der Waals surface area contributed by atoms with E-state index in [2.05, 4.69) is 25.2 Å². The van der Waals surface area contributed by atoms with Crippen molar-refractivity contribution in [1.29, 1.82) is 0 Å². The van der Waals surface area contributed by atoms with Crippen LogP contribution in [0.3, 0.4) is 0 Å². The molecule has 4 rings (SSSR count). The zero-order valence-electron chi connectivity index (χ0n) is 18.9. The first-order valence-corrected chi connectivity index (χ1v) is 10.5.